The van der Waals surface area contributed by atoms with E-state index in [-0.39, 0.29) is 6.15 Å². The van der Waals surface area contributed by atoms with E-state index in [2.05, 4.69) is 14.9 Å². The van der Waals surface area contributed by atoms with Crippen LogP contribution in [0.1, 0.15) is 13.8 Å². The summed E-state index contributed by atoms with van der Waals surface area (Å²) in [4.78, 5) is 10.8. The predicted molar refractivity (Wildman–Crippen MR) is 57.2 cm³/mol. The monoisotopic (exact) mass is 255 g/mol. The fraction of sp³-hybridized carbons (Fsp3) is 0.625. The highest BCUT2D eigenvalue weighted by molar-refractivity contribution is 7.81. The third-order valence-corrected chi connectivity index (χ3v) is 2.55. The number of ether oxygens (including phenoxy) is 1. The van der Waals surface area contributed by atoms with E-state index in [9.17, 15) is 13.2 Å². The zero-order valence-electron chi connectivity index (χ0n) is 9.50. The summed E-state index contributed by atoms with van der Waals surface area (Å²) in [5.74, 6) is -0.646. The van der Waals surface area contributed by atoms with Crippen molar-refractivity contribution in [1.82, 2.24) is 6.15 Å². The third kappa shape index (κ3) is 6.51. The molecule has 8 heteroatoms. The van der Waals surface area contributed by atoms with Crippen molar-refractivity contribution in [2.75, 3.05) is 7.11 Å². The number of esters is 1. The third-order valence-electron chi connectivity index (χ3n) is 1.60. The summed E-state index contributed by atoms with van der Waals surface area (Å²) < 4.78 is 35.1. The minimum absolute atomic E-state index is 0. The Labute approximate surface area is 95.3 Å². The Balaban J connectivity index is 0. The molecule has 0 aliphatic carbocycles. The Kier molecular flexibility index (Phi) is 7.99. The van der Waals surface area contributed by atoms with Crippen molar-refractivity contribution in [3.05, 3.63) is 12.7 Å². The van der Waals surface area contributed by atoms with E-state index in [0.29, 0.717) is 0 Å². The van der Waals surface area contributed by atoms with Crippen molar-refractivity contribution in [3.63, 3.8) is 0 Å². The second-order valence-corrected chi connectivity index (χ2v) is 4.06. The summed E-state index contributed by atoms with van der Waals surface area (Å²) in [5.41, 5.74) is 0. The van der Waals surface area contributed by atoms with Crippen molar-refractivity contribution >= 4 is 16.4 Å². The van der Waals surface area contributed by atoms with E-state index in [0.717, 1.165) is 13.2 Å². The van der Waals surface area contributed by atoms with E-state index in [1.165, 1.54) is 13.8 Å². The first-order chi connectivity index (χ1) is 6.82. The van der Waals surface area contributed by atoms with Gasteiger partial charge in [-0.3, -0.25) is 4.18 Å². The van der Waals surface area contributed by atoms with Gasteiger partial charge in [0.15, 0.2) is 0 Å². The molecule has 0 radical (unpaired) electrons. The maximum atomic E-state index is 10.9. The van der Waals surface area contributed by atoms with E-state index in [4.69, 9.17) is 4.74 Å². The molecule has 96 valence electrons. The average molecular weight is 255 g/mol. The van der Waals surface area contributed by atoms with Gasteiger partial charge >= 0.3 is 16.4 Å². The van der Waals surface area contributed by atoms with E-state index < -0.39 is 28.6 Å². The first kappa shape index (κ1) is 17.4. The van der Waals surface area contributed by atoms with Crippen molar-refractivity contribution in [2.24, 2.45) is 0 Å². The average Bonchev–Trinajstić information content (AvgIpc) is 2.16. The van der Waals surface area contributed by atoms with Crippen LogP contribution in [-0.2, 0) is 28.3 Å². The van der Waals surface area contributed by atoms with Gasteiger partial charge in [0.25, 0.3) is 0 Å². The summed E-state index contributed by atoms with van der Waals surface area (Å²) >= 11 is 0. The summed E-state index contributed by atoms with van der Waals surface area (Å²) in [6.07, 6.45) is -0.576. The van der Waals surface area contributed by atoms with Gasteiger partial charge in [-0.2, -0.15) is 8.42 Å². The van der Waals surface area contributed by atoms with Gasteiger partial charge in [0.1, 0.15) is 12.2 Å². The van der Waals surface area contributed by atoms with Crippen molar-refractivity contribution in [2.45, 2.75) is 26.1 Å². The van der Waals surface area contributed by atoms with Crippen LogP contribution in [0.25, 0.3) is 0 Å². The minimum atomic E-state index is -4.02. The van der Waals surface area contributed by atoms with Crippen LogP contribution in [0.15, 0.2) is 12.7 Å². The predicted octanol–water partition coefficient (Wildman–Crippen LogP) is 0.562. The van der Waals surface area contributed by atoms with Gasteiger partial charge in [0.05, 0.1) is 7.11 Å². The molecule has 2 unspecified atom stereocenters. The topological polar surface area (TPSA) is 114 Å². The van der Waals surface area contributed by atoms with Crippen LogP contribution in [0.4, 0.5) is 0 Å². The lowest BCUT2D eigenvalue weighted by molar-refractivity contribution is -0.146. The molecular weight excluding hydrogens is 238 g/mol. The maximum Gasteiger partial charge on any atom is 0.399 e. The largest absolute Gasteiger partial charge is 0.457 e. The lowest BCUT2D eigenvalue weighted by Gasteiger charge is -2.18. The quantitative estimate of drug-likeness (QED) is 0.544. The Morgan fingerprint density at radius 2 is 1.81 bits per heavy atom. The highest BCUT2D eigenvalue weighted by Crippen LogP contribution is 2.08. The molecule has 16 heavy (non-hydrogen) atoms. The van der Waals surface area contributed by atoms with Gasteiger partial charge in [0.2, 0.25) is 0 Å². The minimum Gasteiger partial charge on any atom is -0.457 e. The molecule has 0 rings (SSSR count). The van der Waals surface area contributed by atoms with Crippen LogP contribution in [0.5, 0.6) is 0 Å². The van der Waals surface area contributed by atoms with Gasteiger partial charge in [-0.05, 0) is 13.8 Å². The standard InChI is InChI=1S/C8H14O6S.H3N/c1-5-8(9)13-6(2)7(3)14-15(10,11)12-4;/h5-7H,1H2,2-4H3;1H3. The summed E-state index contributed by atoms with van der Waals surface area (Å²) in [7, 11) is -3.05. The SMILES string of the molecule is C=CC(=O)OC(C)C(C)OS(=O)(=O)OC.N. The smallest absolute Gasteiger partial charge is 0.399 e. The fourth-order valence-corrected chi connectivity index (χ4v) is 1.24. The van der Waals surface area contributed by atoms with Crippen LogP contribution in [0.3, 0.4) is 0 Å². The number of hydrogen-bond acceptors (Lipinski definition) is 7. The zero-order valence-corrected chi connectivity index (χ0v) is 10.3. The molecule has 0 amide bonds. The molecule has 0 heterocycles. The number of rotatable bonds is 6. The molecule has 7 nitrogen and oxygen atoms in total. The Morgan fingerprint density at radius 3 is 2.19 bits per heavy atom. The molecule has 2 atom stereocenters. The summed E-state index contributed by atoms with van der Waals surface area (Å²) in [5, 5.41) is 0. The van der Waals surface area contributed by atoms with Crippen LogP contribution in [0.2, 0.25) is 0 Å². The second kappa shape index (κ2) is 7.34. The molecule has 0 spiro atoms. The van der Waals surface area contributed by atoms with Gasteiger partial charge in [-0.25, -0.2) is 8.98 Å². The van der Waals surface area contributed by atoms with Gasteiger partial charge in [-0.1, -0.05) is 6.58 Å². The summed E-state index contributed by atoms with van der Waals surface area (Å²) in [6, 6.07) is 0. The fourth-order valence-electron chi connectivity index (χ4n) is 0.631. The van der Waals surface area contributed by atoms with E-state index in [1.807, 2.05) is 0 Å². The van der Waals surface area contributed by atoms with Gasteiger partial charge < -0.3 is 10.9 Å². The first-order valence-corrected chi connectivity index (χ1v) is 5.47. The molecular formula is C8H17NO6S. The van der Waals surface area contributed by atoms with Crippen LogP contribution in [0, 0.1) is 0 Å². The lowest BCUT2D eigenvalue weighted by atomic mass is 10.3. The lowest BCUT2D eigenvalue weighted by Crippen LogP contribution is -2.30. The van der Waals surface area contributed by atoms with Crippen molar-refractivity contribution < 1.29 is 26.3 Å². The van der Waals surface area contributed by atoms with Gasteiger partial charge in [0, 0.05) is 6.08 Å². The molecule has 0 aromatic carbocycles. The van der Waals surface area contributed by atoms with Crippen LogP contribution in [-0.4, -0.2) is 33.7 Å². The Morgan fingerprint density at radius 1 is 1.31 bits per heavy atom. The molecule has 0 aromatic rings. The molecule has 3 N–H and O–H groups in total. The molecule has 0 saturated heterocycles. The first-order valence-electron chi connectivity index (χ1n) is 4.14. The molecule has 0 aromatic heterocycles. The highest BCUT2D eigenvalue weighted by atomic mass is 32.3. The van der Waals surface area contributed by atoms with E-state index >= 15 is 0 Å². The van der Waals surface area contributed by atoms with Crippen molar-refractivity contribution in [1.29, 1.82) is 0 Å². The molecule has 0 aliphatic heterocycles. The molecule has 0 aliphatic rings. The molecule has 0 saturated carbocycles. The zero-order chi connectivity index (χ0) is 12.1. The van der Waals surface area contributed by atoms with Crippen LogP contribution >= 0.6 is 0 Å². The van der Waals surface area contributed by atoms with Crippen LogP contribution < -0.4 is 6.15 Å². The molecule has 0 bridgehead atoms. The number of carbonyl (C=O) groups is 1. The Bertz CT molecular complexity index is 325. The maximum absolute atomic E-state index is 10.9. The highest BCUT2D eigenvalue weighted by Gasteiger charge is 2.22. The number of carbonyl (C=O) groups excluding carboxylic acids is 1. The second-order valence-electron chi connectivity index (χ2n) is 2.72. The normalized spacial score (nSPS) is 14.4. The van der Waals surface area contributed by atoms with E-state index in [1.54, 1.807) is 0 Å². The number of hydrogen-bond donors (Lipinski definition) is 1. The van der Waals surface area contributed by atoms with Gasteiger partial charge in [-0.15, -0.1) is 0 Å². The van der Waals surface area contributed by atoms with Crippen molar-refractivity contribution in [3.8, 4) is 0 Å². The molecule has 0 fully saturated rings. The summed E-state index contributed by atoms with van der Waals surface area (Å²) in [6.45, 7) is 6.14. The Hall–Kier alpha value is -0.960.